The summed E-state index contributed by atoms with van der Waals surface area (Å²) in [6.45, 7) is 5.05. The van der Waals surface area contributed by atoms with E-state index in [0.717, 1.165) is 19.3 Å². The normalized spacial score (nSPS) is 20.8. The van der Waals surface area contributed by atoms with E-state index in [-0.39, 0.29) is 11.8 Å². The molecule has 0 saturated carbocycles. The zero-order chi connectivity index (χ0) is 17.2. The minimum atomic E-state index is -3.47. The summed E-state index contributed by atoms with van der Waals surface area (Å²) in [7, 11) is -3.47. The Kier molecular flexibility index (Phi) is 5.01. The molecule has 1 saturated heterocycles. The van der Waals surface area contributed by atoms with E-state index in [4.69, 9.17) is 4.52 Å². The van der Waals surface area contributed by atoms with Crippen molar-refractivity contribution in [3.63, 3.8) is 0 Å². The quantitative estimate of drug-likeness (QED) is 0.829. The average Bonchev–Trinajstić information content (AvgIpc) is 3.12. The molecule has 0 bridgehead atoms. The molecule has 0 amide bonds. The first-order chi connectivity index (χ1) is 11.5. The van der Waals surface area contributed by atoms with Crippen LogP contribution in [0.25, 0.3) is 0 Å². The van der Waals surface area contributed by atoms with Gasteiger partial charge >= 0.3 is 0 Å². The summed E-state index contributed by atoms with van der Waals surface area (Å²) >= 11 is 0. The van der Waals surface area contributed by atoms with Gasteiger partial charge in [-0.1, -0.05) is 37.2 Å². The van der Waals surface area contributed by atoms with E-state index < -0.39 is 10.0 Å². The van der Waals surface area contributed by atoms with E-state index in [9.17, 15) is 8.42 Å². The molecule has 24 heavy (non-hydrogen) atoms. The summed E-state index contributed by atoms with van der Waals surface area (Å²) < 4.78 is 32.5. The predicted molar refractivity (Wildman–Crippen MR) is 90.2 cm³/mol. The van der Waals surface area contributed by atoms with Crippen LogP contribution in [0.4, 0.5) is 0 Å². The lowest BCUT2D eigenvalue weighted by atomic mass is 9.99. The number of aromatic nitrogens is 2. The second-order valence-electron chi connectivity index (χ2n) is 6.32. The molecule has 0 spiro atoms. The molecule has 1 aliphatic rings. The summed E-state index contributed by atoms with van der Waals surface area (Å²) in [4.78, 5) is 4.82. The van der Waals surface area contributed by atoms with Crippen LogP contribution in [0.1, 0.15) is 56.7 Å². The predicted octanol–water partition coefficient (Wildman–Crippen LogP) is 3.15. The van der Waals surface area contributed by atoms with Crippen molar-refractivity contribution in [1.82, 2.24) is 14.4 Å². The van der Waals surface area contributed by atoms with Crippen molar-refractivity contribution in [2.75, 3.05) is 13.1 Å². The molecule has 2 heterocycles. The Morgan fingerprint density at radius 2 is 2.08 bits per heavy atom. The third-order valence-electron chi connectivity index (χ3n) is 4.62. The Labute approximate surface area is 142 Å². The van der Waals surface area contributed by atoms with E-state index >= 15 is 0 Å². The minimum Gasteiger partial charge on any atom is -0.339 e. The molecular weight excluding hydrogens is 326 g/mol. The highest BCUT2D eigenvalue weighted by atomic mass is 32.2. The summed E-state index contributed by atoms with van der Waals surface area (Å²) in [5, 5.41) is 4.05. The van der Waals surface area contributed by atoms with Crippen LogP contribution in [-0.4, -0.2) is 36.0 Å². The van der Waals surface area contributed by atoms with E-state index in [2.05, 4.69) is 24.0 Å². The fourth-order valence-electron chi connectivity index (χ4n) is 2.90. The highest BCUT2D eigenvalue weighted by molar-refractivity contribution is 7.89. The zero-order valence-corrected chi connectivity index (χ0v) is 14.9. The third kappa shape index (κ3) is 3.37. The number of hydrogen-bond donors (Lipinski definition) is 0. The van der Waals surface area contributed by atoms with Crippen LogP contribution in [0.3, 0.4) is 0 Å². The van der Waals surface area contributed by atoms with Gasteiger partial charge in [-0.15, -0.1) is 0 Å². The minimum absolute atomic E-state index is 0.0393. The van der Waals surface area contributed by atoms with Gasteiger partial charge in [-0.05, 0) is 31.4 Å². The Balaban J connectivity index is 1.78. The number of benzene rings is 1. The maximum Gasteiger partial charge on any atom is 0.243 e. The molecule has 1 aromatic heterocycles. The molecule has 1 aliphatic heterocycles. The largest absolute Gasteiger partial charge is 0.339 e. The fourth-order valence-corrected chi connectivity index (χ4v) is 4.44. The van der Waals surface area contributed by atoms with Gasteiger partial charge in [0.25, 0.3) is 0 Å². The van der Waals surface area contributed by atoms with Gasteiger partial charge in [0, 0.05) is 19.0 Å². The molecule has 6 nitrogen and oxygen atoms in total. The van der Waals surface area contributed by atoms with Gasteiger partial charge in [0.05, 0.1) is 10.8 Å². The first-order valence-corrected chi connectivity index (χ1v) is 9.85. The second-order valence-corrected chi connectivity index (χ2v) is 8.25. The van der Waals surface area contributed by atoms with Gasteiger partial charge in [-0.25, -0.2) is 8.42 Å². The number of hydrogen-bond acceptors (Lipinski definition) is 5. The molecule has 2 atom stereocenters. The maximum absolute atomic E-state index is 12.8. The van der Waals surface area contributed by atoms with Crippen molar-refractivity contribution in [3.8, 4) is 0 Å². The van der Waals surface area contributed by atoms with Crippen LogP contribution in [0, 0.1) is 0 Å². The summed E-state index contributed by atoms with van der Waals surface area (Å²) in [6.07, 6.45) is 2.60. The molecule has 3 rings (SSSR count). The second kappa shape index (κ2) is 7.03. The number of rotatable bonds is 5. The summed E-state index contributed by atoms with van der Waals surface area (Å²) in [5.74, 6) is 1.46. The average molecular weight is 349 g/mol. The van der Waals surface area contributed by atoms with Gasteiger partial charge in [-0.2, -0.15) is 9.29 Å². The highest BCUT2D eigenvalue weighted by Gasteiger charge is 2.33. The van der Waals surface area contributed by atoms with Crippen molar-refractivity contribution < 1.29 is 12.9 Å². The topological polar surface area (TPSA) is 76.3 Å². The molecule has 2 aromatic rings. The smallest absolute Gasteiger partial charge is 0.243 e. The van der Waals surface area contributed by atoms with Gasteiger partial charge in [0.15, 0.2) is 5.82 Å². The molecule has 0 N–H and O–H groups in total. The van der Waals surface area contributed by atoms with Crippen molar-refractivity contribution in [2.45, 2.75) is 49.8 Å². The van der Waals surface area contributed by atoms with Crippen LogP contribution < -0.4 is 0 Å². The van der Waals surface area contributed by atoms with Crippen molar-refractivity contribution in [3.05, 3.63) is 42.0 Å². The molecule has 2 unspecified atom stereocenters. The Morgan fingerprint density at radius 1 is 1.33 bits per heavy atom. The van der Waals surface area contributed by atoms with E-state index in [0.29, 0.717) is 29.7 Å². The Bertz CT molecular complexity index is 773. The Hall–Kier alpha value is -1.73. The maximum atomic E-state index is 12.8. The lowest BCUT2D eigenvalue weighted by Crippen LogP contribution is -2.39. The first-order valence-electron chi connectivity index (χ1n) is 8.41. The number of sulfonamides is 1. The number of nitrogens with zero attached hydrogens (tertiary/aromatic N) is 3. The standard InChI is InChI=1S/C17H23N3O3S/c1-3-13(2)16-18-17(23-19-16)14-8-7-11-20(12-14)24(21,22)15-9-5-4-6-10-15/h4-6,9-10,13-14H,3,7-8,11-12H2,1-2H3. The van der Waals surface area contributed by atoms with E-state index in [1.54, 1.807) is 24.3 Å². The fraction of sp³-hybridized carbons (Fsp3) is 0.529. The van der Waals surface area contributed by atoms with Crippen LogP contribution in [0.5, 0.6) is 0 Å². The van der Waals surface area contributed by atoms with Crippen LogP contribution >= 0.6 is 0 Å². The first kappa shape index (κ1) is 17.1. The summed E-state index contributed by atoms with van der Waals surface area (Å²) in [5.41, 5.74) is 0. The lowest BCUT2D eigenvalue weighted by molar-refractivity contribution is 0.265. The van der Waals surface area contributed by atoms with Gasteiger partial charge in [0.2, 0.25) is 15.9 Å². The van der Waals surface area contributed by atoms with Crippen LogP contribution in [0.2, 0.25) is 0 Å². The molecule has 130 valence electrons. The van der Waals surface area contributed by atoms with Gasteiger partial charge in [0.1, 0.15) is 0 Å². The molecule has 7 heteroatoms. The van der Waals surface area contributed by atoms with Crippen molar-refractivity contribution >= 4 is 10.0 Å². The number of piperidine rings is 1. The SMILES string of the molecule is CCC(C)c1noc(C2CCCN(S(=O)(=O)c3ccccc3)C2)n1. The van der Waals surface area contributed by atoms with Gasteiger partial charge < -0.3 is 4.52 Å². The van der Waals surface area contributed by atoms with E-state index in [1.165, 1.54) is 4.31 Å². The van der Waals surface area contributed by atoms with Crippen LogP contribution in [-0.2, 0) is 10.0 Å². The lowest BCUT2D eigenvalue weighted by Gasteiger charge is -2.30. The third-order valence-corrected chi connectivity index (χ3v) is 6.50. The molecule has 0 aliphatic carbocycles. The monoisotopic (exact) mass is 349 g/mol. The van der Waals surface area contributed by atoms with Crippen molar-refractivity contribution in [2.24, 2.45) is 0 Å². The molecule has 1 fully saturated rings. The zero-order valence-electron chi connectivity index (χ0n) is 14.1. The molecular formula is C17H23N3O3S. The van der Waals surface area contributed by atoms with Crippen molar-refractivity contribution in [1.29, 1.82) is 0 Å². The van der Waals surface area contributed by atoms with Crippen LogP contribution in [0.15, 0.2) is 39.8 Å². The molecule has 0 radical (unpaired) electrons. The summed E-state index contributed by atoms with van der Waals surface area (Å²) in [6, 6.07) is 8.56. The van der Waals surface area contributed by atoms with Gasteiger partial charge in [-0.3, -0.25) is 0 Å². The highest BCUT2D eigenvalue weighted by Crippen LogP contribution is 2.30. The van der Waals surface area contributed by atoms with E-state index in [1.807, 2.05) is 6.07 Å². The molecule has 1 aromatic carbocycles. The Morgan fingerprint density at radius 3 is 2.79 bits per heavy atom.